The second-order valence-electron chi connectivity index (χ2n) is 5.74. The Morgan fingerprint density at radius 2 is 2.10 bits per heavy atom. The number of likely N-dealkylation sites (N-methyl/N-ethyl adjacent to an activating group) is 1. The van der Waals surface area contributed by atoms with Gasteiger partial charge in [0.25, 0.3) is 0 Å². The fourth-order valence-electron chi connectivity index (χ4n) is 3.63. The van der Waals surface area contributed by atoms with Crippen molar-refractivity contribution in [2.75, 3.05) is 25.2 Å². The molecule has 1 aromatic carbocycles. The molecule has 0 saturated carbocycles. The average molecular weight is 347 g/mol. The predicted octanol–water partition coefficient (Wildman–Crippen LogP) is 3.02. The van der Waals surface area contributed by atoms with Gasteiger partial charge < -0.3 is 9.64 Å². The molecule has 1 aromatic heterocycles. The lowest BCUT2D eigenvalue weighted by molar-refractivity contribution is -0.126. The van der Waals surface area contributed by atoms with Crippen LogP contribution in [0.3, 0.4) is 0 Å². The fourth-order valence-corrected chi connectivity index (χ4v) is 3.99. The Balaban J connectivity index is 2.07. The molecule has 1 fully saturated rings. The molecule has 2 aliphatic rings. The topological polar surface area (TPSA) is 42.4 Å². The number of carbonyl (C=O) groups excluding carboxylic acids is 1. The minimum Gasteiger partial charge on any atom is -0.381 e. The highest BCUT2D eigenvalue weighted by Gasteiger charge is 2.51. The van der Waals surface area contributed by atoms with Crippen molar-refractivity contribution in [3.05, 3.63) is 34.4 Å². The van der Waals surface area contributed by atoms with Crippen LogP contribution in [0.1, 0.15) is 18.4 Å². The van der Waals surface area contributed by atoms with Crippen LogP contribution in [-0.2, 0) is 14.9 Å². The molecule has 0 aliphatic carbocycles. The van der Waals surface area contributed by atoms with Crippen molar-refractivity contribution in [2.24, 2.45) is 0 Å². The number of amides is 1. The Kier molecular flexibility index (Phi) is 2.84. The van der Waals surface area contributed by atoms with Crippen LogP contribution in [0.15, 0.2) is 28.9 Å². The Labute approximate surface area is 131 Å². The molecular weight excluding hydrogens is 332 g/mol. The molecule has 0 bridgehead atoms. The molecule has 1 saturated heterocycles. The van der Waals surface area contributed by atoms with Gasteiger partial charge in [0.1, 0.15) is 0 Å². The number of halogens is 1. The van der Waals surface area contributed by atoms with E-state index in [2.05, 4.69) is 27.0 Å². The third kappa shape index (κ3) is 1.71. The van der Waals surface area contributed by atoms with Crippen molar-refractivity contribution in [1.29, 1.82) is 0 Å². The molecule has 2 aromatic rings. The van der Waals surface area contributed by atoms with E-state index in [-0.39, 0.29) is 5.91 Å². The summed E-state index contributed by atoms with van der Waals surface area (Å²) < 4.78 is 6.50. The number of pyridine rings is 1. The summed E-state index contributed by atoms with van der Waals surface area (Å²) in [6, 6.07) is 6.05. The lowest BCUT2D eigenvalue weighted by Gasteiger charge is -2.32. The van der Waals surface area contributed by atoms with Gasteiger partial charge in [-0.3, -0.25) is 9.78 Å². The van der Waals surface area contributed by atoms with Crippen LogP contribution in [0.5, 0.6) is 0 Å². The molecule has 0 N–H and O–H groups in total. The molecule has 0 radical (unpaired) electrons. The second-order valence-corrected chi connectivity index (χ2v) is 6.65. The third-order valence-electron chi connectivity index (χ3n) is 4.71. The molecule has 21 heavy (non-hydrogen) atoms. The zero-order valence-corrected chi connectivity index (χ0v) is 13.3. The van der Waals surface area contributed by atoms with Crippen LogP contribution in [0, 0.1) is 0 Å². The van der Waals surface area contributed by atoms with E-state index in [0.717, 1.165) is 39.5 Å². The summed E-state index contributed by atoms with van der Waals surface area (Å²) in [5.41, 5.74) is 2.56. The molecular formula is C16H15BrN2O2. The van der Waals surface area contributed by atoms with Gasteiger partial charge in [0.05, 0.1) is 22.8 Å². The van der Waals surface area contributed by atoms with Crippen LogP contribution in [-0.4, -0.2) is 31.2 Å². The Bertz CT molecular complexity index is 753. The molecule has 3 heterocycles. The van der Waals surface area contributed by atoms with E-state index in [1.807, 2.05) is 25.4 Å². The Morgan fingerprint density at radius 3 is 2.86 bits per heavy atom. The average Bonchev–Trinajstić information content (AvgIpc) is 2.71. The number of rotatable bonds is 0. The number of fused-ring (bicyclic) bond motifs is 4. The first-order valence-electron chi connectivity index (χ1n) is 7.08. The van der Waals surface area contributed by atoms with E-state index in [1.165, 1.54) is 0 Å². The van der Waals surface area contributed by atoms with Crippen molar-refractivity contribution in [3.8, 4) is 0 Å². The largest absolute Gasteiger partial charge is 0.381 e. The highest BCUT2D eigenvalue weighted by atomic mass is 79.9. The number of ether oxygens (including phenoxy) is 1. The van der Waals surface area contributed by atoms with Crippen LogP contribution < -0.4 is 4.90 Å². The number of anilines is 1. The van der Waals surface area contributed by atoms with Gasteiger partial charge in [-0.25, -0.2) is 0 Å². The zero-order chi connectivity index (χ0) is 14.6. The van der Waals surface area contributed by atoms with Gasteiger partial charge in [-0.15, -0.1) is 0 Å². The predicted molar refractivity (Wildman–Crippen MR) is 84.6 cm³/mol. The quantitative estimate of drug-likeness (QED) is 0.736. The highest BCUT2D eigenvalue weighted by molar-refractivity contribution is 9.10. The zero-order valence-electron chi connectivity index (χ0n) is 11.7. The smallest absolute Gasteiger partial charge is 0.237 e. The van der Waals surface area contributed by atoms with E-state index in [9.17, 15) is 4.79 Å². The molecule has 108 valence electrons. The monoisotopic (exact) mass is 346 g/mol. The maximum Gasteiger partial charge on any atom is 0.237 e. The van der Waals surface area contributed by atoms with Gasteiger partial charge >= 0.3 is 0 Å². The maximum atomic E-state index is 12.9. The number of carbonyl (C=O) groups is 1. The standard InChI is InChI=1S/C16H15BrN2O2/c1-19-13-9-18-12-3-2-10(17)8-11(12)14(13)16(15(19)20)4-6-21-7-5-16/h2-3,8-9H,4-7H2,1H3. The molecule has 0 unspecified atom stereocenters. The summed E-state index contributed by atoms with van der Waals surface area (Å²) in [6.07, 6.45) is 3.32. The van der Waals surface area contributed by atoms with Gasteiger partial charge in [0.2, 0.25) is 5.91 Å². The van der Waals surface area contributed by atoms with Gasteiger partial charge in [0.15, 0.2) is 0 Å². The van der Waals surface area contributed by atoms with Crippen LogP contribution in [0.4, 0.5) is 5.69 Å². The minimum atomic E-state index is -0.440. The minimum absolute atomic E-state index is 0.176. The summed E-state index contributed by atoms with van der Waals surface area (Å²) in [5.74, 6) is 0.176. The molecule has 0 atom stereocenters. The molecule has 2 aliphatic heterocycles. The lowest BCUT2D eigenvalue weighted by atomic mass is 9.74. The molecule has 1 amide bonds. The first-order chi connectivity index (χ1) is 10.1. The number of hydrogen-bond acceptors (Lipinski definition) is 3. The van der Waals surface area contributed by atoms with Gasteiger partial charge in [0, 0.05) is 35.7 Å². The van der Waals surface area contributed by atoms with Crippen molar-refractivity contribution in [1.82, 2.24) is 4.98 Å². The summed E-state index contributed by atoms with van der Waals surface area (Å²) >= 11 is 3.53. The van der Waals surface area contributed by atoms with Gasteiger partial charge in [-0.05, 0) is 31.0 Å². The van der Waals surface area contributed by atoms with Crippen LogP contribution in [0.25, 0.3) is 10.9 Å². The summed E-state index contributed by atoms with van der Waals surface area (Å²) in [4.78, 5) is 19.2. The van der Waals surface area contributed by atoms with Gasteiger partial charge in [-0.1, -0.05) is 15.9 Å². The van der Waals surface area contributed by atoms with Crippen molar-refractivity contribution in [3.63, 3.8) is 0 Å². The Hall–Kier alpha value is -1.46. The number of benzene rings is 1. The van der Waals surface area contributed by atoms with Gasteiger partial charge in [-0.2, -0.15) is 0 Å². The van der Waals surface area contributed by atoms with E-state index >= 15 is 0 Å². The first-order valence-corrected chi connectivity index (χ1v) is 7.87. The normalized spacial score (nSPS) is 20.3. The molecule has 5 heteroatoms. The number of nitrogens with zero attached hydrogens (tertiary/aromatic N) is 2. The molecule has 1 spiro atoms. The second kappa shape index (κ2) is 4.52. The lowest BCUT2D eigenvalue weighted by Crippen LogP contribution is -2.43. The molecule has 4 rings (SSSR count). The highest BCUT2D eigenvalue weighted by Crippen LogP contribution is 2.49. The fraction of sp³-hybridized carbons (Fsp3) is 0.375. The SMILES string of the molecule is CN1C(=O)C2(CCOCC2)c2c1cnc1ccc(Br)cc21. The van der Waals surface area contributed by atoms with Crippen molar-refractivity contribution < 1.29 is 9.53 Å². The van der Waals surface area contributed by atoms with E-state index in [0.29, 0.717) is 13.2 Å². The van der Waals surface area contributed by atoms with Crippen LogP contribution in [0.2, 0.25) is 0 Å². The Morgan fingerprint density at radius 1 is 1.33 bits per heavy atom. The van der Waals surface area contributed by atoms with Crippen molar-refractivity contribution >= 4 is 38.4 Å². The maximum absolute atomic E-state index is 12.9. The third-order valence-corrected chi connectivity index (χ3v) is 5.20. The van der Waals surface area contributed by atoms with Crippen molar-refractivity contribution in [2.45, 2.75) is 18.3 Å². The van der Waals surface area contributed by atoms with E-state index in [1.54, 1.807) is 4.90 Å². The first kappa shape index (κ1) is 13.2. The number of aromatic nitrogens is 1. The van der Waals surface area contributed by atoms with E-state index in [4.69, 9.17) is 4.74 Å². The summed E-state index contributed by atoms with van der Waals surface area (Å²) in [5, 5.41) is 1.07. The number of hydrogen-bond donors (Lipinski definition) is 0. The molecule has 4 nitrogen and oxygen atoms in total. The summed E-state index contributed by atoms with van der Waals surface area (Å²) in [7, 11) is 1.84. The van der Waals surface area contributed by atoms with E-state index < -0.39 is 5.41 Å². The summed E-state index contributed by atoms with van der Waals surface area (Å²) in [6.45, 7) is 1.27. The van der Waals surface area contributed by atoms with Crippen LogP contribution >= 0.6 is 15.9 Å².